The Labute approximate surface area is 136 Å². The van der Waals surface area contributed by atoms with E-state index >= 15 is 0 Å². The Morgan fingerprint density at radius 1 is 1.27 bits per heavy atom. The van der Waals surface area contributed by atoms with Crippen LogP contribution in [-0.4, -0.2) is 16.2 Å². The van der Waals surface area contributed by atoms with E-state index in [2.05, 4.69) is 10.1 Å². The van der Waals surface area contributed by atoms with Crippen LogP contribution in [0.15, 0.2) is 28.8 Å². The first kappa shape index (κ1) is 16.9. The van der Waals surface area contributed by atoms with Crippen molar-refractivity contribution in [2.24, 2.45) is 5.73 Å². The summed E-state index contributed by atoms with van der Waals surface area (Å²) in [5, 5.41) is 4.03. The lowest BCUT2D eigenvalue weighted by molar-refractivity contribution is 0.0657. The summed E-state index contributed by atoms with van der Waals surface area (Å²) in [7, 11) is 0. The van der Waals surface area contributed by atoms with Crippen LogP contribution in [0.2, 0.25) is 0 Å². The molecule has 0 spiro atoms. The first-order chi connectivity index (χ1) is 10.1. The smallest absolute Gasteiger partial charge is 0.257 e. The fraction of sp³-hybridized carbons (Fsp3) is 0.500. The van der Waals surface area contributed by atoms with Crippen LogP contribution in [0.5, 0.6) is 0 Å². The molecule has 0 radical (unpaired) electrons. The number of benzene rings is 1. The topological polar surface area (TPSA) is 74.2 Å². The molecule has 0 amide bonds. The van der Waals surface area contributed by atoms with Gasteiger partial charge in [-0.05, 0) is 50.8 Å². The second kappa shape index (κ2) is 6.77. The summed E-state index contributed by atoms with van der Waals surface area (Å²) >= 11 is 0. The zero-order chi connectivity index (χ0) is 14.9. The molecule has 0 unspecified atom stereocenters. The van der Waals surface area contributed by atoms with Crippen molar-refractivity contribution in [1.82, 2.24) is 10.1 Å². The molecule has 120 valence electrons. The summed E-state index contributed by atoms with van der Waals surface area (Å²) < 4.78 is 10.9. The normalized spacial score (nSPS) is 16.2. The molecular formula is C16H22ClN3O2. The standard InChI is InChI=1S/C16H21N3O2.ClH/c1-11(2)20-10-12-4-6-13(7-5-12)14-18-15(19-21-14)16(17)8-3-9-16;/h4-7,11H,3,8-10,17H2,1-2H3;1H. The molecule has 1 heterocycles. The Morgan fingerprint density at radius 2 is 1.95 bits per heavy atom. The minimum atomic E-state index is -0.382. The molecule has 5 nitrogen and oxygen atoms in total. The third-order valence-electron chi connectivity index (χ3n) is 3.90. The van der Waals surface area contributed by atoms with Crippen LogP contribution in [0.25, 0.3) is 11.5 Å². The summed E-state index contributed by atoms with van der Waals surface area (Å²) in [6.07, 6.45) is 3.21. The Kier molecular flexibility index (Phi) is 5.21. The highest BCUT2D eigenvalue weighted by Gasteiger charge is 2.39. The molecule has 1 saturated carbocycles. The number of nitrogens with zero attached hydrogens (tertiary/aromatic N) is 2. The van der Waals surface area contributed by atoms with Crippen molar-refractivity contribution in [3.8, 4) is 11.5 Å². The summed E-state index contributed by atoms with van der Waals surface area (Å²) in [5.74, 6) is 1.15. The van der Waals surface area contributed by atoms with Gasteiger partial charge in [-0.25, -0.2) is 0 Å². The zero-order valence-electron chi connectivity index (χ0n) is 12.9. The lowest BCUT2D eigenvalue weighted by Gasteiger charge is -2.34. The fourth-order valence-corrected chi connectivity index (χ4v) is 2.33. The summed E-state index contributed by atoms with van der Waals surface area (Å²) in [5.41, 5.74) is 7.86. The monoisotopic (exact) mass is 323 g/mol. The average molecular weight is 324 g/mol. The number of hydrogen-bond acceptors (Lipinski definition) is 5. The van der Waals surface area contributed by atoms with E-state index in [0.29, 0.717) is 18.3 Å². The van der Waals surface area contributed by atoms with E-state index in [0.717, 1.165) is 30.4 Å². The van der Waals surface area contributed by atoms with Gasteiger partial charge in [0.2, 0.25) is 0 Å². The molecule has 0 aliphatic heterocycles. The van der Waals surface area contributed by atoms with Crippen molar-refractivity contribution < 1.29 is 9.26 Å². The van der Waals surface area contributed by atoms with E-state index in [-0.39, 0.29) is 24.0 Å². The van der Waals surface area contributed by atoms with E-state index in [9.17, 15) is 0 Å². The van der Waals surface area contributed by atoms with Gasteiger partial charge in [-0.15, -0.1) is 12.4 Å². The lowest BCUT2D eigenvalue weighted by atomic mass is 9.77. The maximum atomic E-state index is 6.21. The minimum Gasteiger partial charge on any atom is -0.374 e. The Morgan fingerprint density at radius 3 is 2.50 bits per heavy atom. The number of aromatic nitrogens is 2. The van der Waals surface area contributed by atoms with Crippen molar-refractivity contribution in [2.45, 2.75) is 51.4 Å². The summed E-state index contributed by atoms with van der Waals surface area (Å²) in [6.45, 7) is 4.66. The van der Waals surface area contributed by atoms with Crippen LogP contribution in [0.1, 0.15) is 44.5 Å². The molecule has 22 heavy (non-hydrogen) atoms. The fourth-order valence-electron chi connectivity index (χ4n) is 2.33. The number of ether oxygens (including phenoxy) is 1. The summed E-state index contributed by atoms with van der Waals surface area (Å²) in [4.78, 5) is 4.44. The van der Waals surface area contributed by atoms with E-state index < -0.39 is 0 Å². The van der Waals surface area contributed by atoms with Gasteiger partial charge in [0.15, 0.2) is 5.82 Å². The first-order valence-corrected chi connectivity index (χ1v) is 7.41. The molecule has 1 aliphatic rings. The minimum absolute atomic E-state index is 0. The first-order valence-electron chi connectivity index (χ1n) is 7.41. The predicted molar refractivity (Wildman–Crippen MR) is 86.6 cm³/mol. The molecule has 3 rings (SSSR count). The van der Waals surface area contributed by atoms with Gasteiger partial charge < -0.3 is 15.0 Å². The van der Waals surface area contributed by atoms with Crippen molar-refractivity contribution >= 4 is 12.4 Å². The number of rotatable bonds is 5. The van der Waals surface area contributed by atoms with Crippen LogP contribution in [0.3, 0.4) is 0 Å². The molecular weight excluding hydrogens is 302 g/mol. The van der Waals surface area contributed by atoms with Gasteiger partial charge in [0.1, 0.15) is 0 Å². The Balaban J connectivity index is 0.00000176. The average Bonchev–Trinajstić information content (AvgIpc) is 2.93. The van der Waals surface area contributed by atoms with Crippen LogP contribution in [-0.2, 0) is 16.9 Å². The largest absolute Gasteiger partial charge is 0.374 e. The van der Waals surface area contributed by atoms with E-state index in [1.54, 1.807) is 0 Å². The SMILES string of the molecule is CC(C)OCc1ccc(-c2nc(C3(N)CCC3)no2)cc1.Cl. The van der Waals surface area contributed by atoms with Crippen LogP contribution < -0.4 is 5.73 Å². The van der Waals surface area contributed by atoms with Crippen molar-refractivity contribution in [3.63, 3.8) is 0 Å². The van der Waals surface area contributed by atoms with Gasteiger partial charge in [-0.1, -0.05) is 17.3 Å². The quantitative estimate of drug-likeness (QED) is 0.912. The lowest BCUT2D eigenvalue weighted by Crippen LogP contribution is -2.44. The number of hydrogen-bond donors (Lipinski definition) is 1. The second-order valence-electron chi connectivity index (χ2n) is 5.99. The van der Waals surface area contributed by atoms with Gasteiger partial charge in [-0.3, -0.25) is 0 Å². The highest BCUT2D eigenvalue weighted by molar-refractivity contribution is 5.85. The van der Waals surface area contributed by atoms with Crippen molar-refractivity contribution in [1.29, 1.82) is 0 Å². The molecule has 2 aromatic rings. The third-order valence-corrected chi connectivity index (χ3v) is 3.90. The molecule has 1 aliphatic carbocycles. The summed E-state index contributed by atoms with van der Waals surface area (Å²) in [6, 6.07) is 7.98. The molecule has 0 saturated heterocycles. The van der Waals surface area contributed by atoms with Crippen LogP contribution in [0, 0.1) is 0 Å². The van der Waals surface area contributed by atoms with Gasteiger partial charge in [0.25, 0.3) is 5.89 Å². The molecule has 2 N–H and O–H groups in total. The van der Waals surface area contributed by atoms with Gasteiger partial charge in [-0.2, -0.15) is 4.98 Å². The van der Waals surface area contributed by atoms with Gasteiger partial charge in [0.05, 0.1) is 18.2 Å². The van der Waals surface area contributed by atoms with Gasteiger partial charge in [0, 0.05) is 5.56 Å². The molecule has 0 atom stereocenters. The maximum absolute atomic E-state index is 6.21. The maximum Gasteiger partial charge on any atom is 0.257 e. The van der Waals surface area contributed by atoms with Gasteiger partial charge >= 0.3 is 0 Å². The molecule has 1 aromatic heterocycles. The Hall–Kier alpha value is -1.43. The highest BCUT2D eigenvalue weighted by atomic mass is 35.5. The van der Waals surface area contributed by atoms with E-state index in [4.69, 9.17) is 15.0 Å². The van der Waals surface area contributed by atoms with Crippen LogP contribution in [0.4, 0.5) is 0 Å². The predicted octanol–water partition coefficient (Wildman–Crippen LogP) is 3.42. The molecule has 0 bridgehead atoms. The number of nitrogens with two attached hydrogens (primary N) is 1. The van der Waals surface area contributed by atoms with E-state index in [1.807, 2.05) is 38.1 Å². The Bertz CT molecular complexity index is 606. The highest BCUT2D eigenvalue weighted by Crippen LogP contribution is 2.37. The molecule has 1 fully saturated rings. The molecule has 1 aromatic carbocycles. The zero-order valence-corrected chi connectivity index (χ0v) is 13.7. The van der Waals surface area contributed by atoms with Crippen LogP contribution >= 0.6 is 12.4 Å². The van der Waals surface area contributed by atoms with Crippen molar-refractivity contribution in [3.05, 3.63) is 35.7 Å². The molecule has 6 heteroatoms. The third kappa shape index (κ3) is 3.48. The van der Waals surface area contributed by atoms with Crippen molar-refractivity contribution in [2.75, 3.05) is 0 Å². The second-order valence-corrected chi connectivity index (χ2v) is 5.99. The van der Waals surface area contributed by atoms with E-state index in [1.165, 1.54) is 0 Å². The number of halogens is 1.